The number of nitrogens with zero attached hydrogens (tertiary/aromatic N) is 3. The molecule has 0 radical (unpaired) electrons. The van der Waals surface area contributed by atoms with Crippen molar-refractivity contribution in [2.75, 3.05) is 0 Å². The average molecular weight is 361 g/mol. The molecule has 0 saturated heterocycles. The summed E-state index contributed by atoms with van der Waals surface area (Å²) in [6.07, 6.45) is 5.32. The molecule has 0 unspecified atom stereocenters. The van der Waals surface area contributed by atoms with Gasteiger partial charge in [0.15, 0.2) is 11.5 Å². The van der Waals surface area contributed by atoms with Gasteiger partial charge in [0.25, 0.3) is 5.91 Å². The van der Waals surface area contributed by atoms with Gasteiger partial charge in [-0.25, -0.2) is 4.98 Å². The highest BCUT2D eigenvalue weighted by Gasteiger charge is 2.19. The molecule has 0 aliphatic heterocycles. The quantitative estimate of drug-likeness (QED) is 0.551. The molecule has 7 nitrogen and oxygen atoms in total. The van der Waals surface area contributed by atoms with Crippen molar-refractivity contribution in [1.82, 2.24) is 25.1 Å². The number of nitrogens with one attached hydrogen (secondary N) is 2. The van der Waals surface area contributed by atoms with Crippen molar-refractivity contribution in [3.63, 3.8) is 0 Å². The number of rotatable bonds is 6. The number of benzene rings is 1. The molecule has 1 amide bonds. The van der Waals surface area contributed by atoms with Gasteiger partial charge in [0, 0.05) is 25.0 Å². The fourth-order valence-corrected chi connectivity index (χ4v) is 2.90. The van der Waals surface area contributed by atoms with Gasteiger partial charge in [-0.1, -0.05) is 30.3 Å². The molecule has 0 aliphatic carbocycles. The Morgan fingerprint density at radius 3 is 2.81 bits per heavy atom. The van der Waals surface area contributed by atoms with Crippen LogP contribution in [0.25, 0.3) is 11.5 Å². The molecular formula is C20H19N5O2. The van der Waals surface area contributed by atoms with Crippen LogP contribution in [-0.2, 0) is 6.54 Å². The minimum atomic E-state index is -0.255. The number of amides is 1. The Morgan fingerprint density at radius 1 is 1.26 bits per heavy atom. The molecule has 0 spiro atoms. The van der Waals surface area contributed by atoms with Crippen molar-refractivity contribution in [3.8, 4) is 11.5 Å². The fraction of sp³-hybridized carbons (Fsp3) is 0.150. The van der Waals surface area contributed by atoms with Crippen LogP contribution in [0.15, 0.2) is 71.7 Å². The summed E-state index contributed by atoms with van der Waals surface area (Å²) in [5, 5.41) is 10.0. The second kappa shape index (κ2) is 7.33. The number of aromatic amines is 1. The van der Waals surface area contributed by atoms with Crippen molar-refractivity contribution in [2.45, 2.75) is 19.5 Å². The summed E-state index contributed by atoms with van der Waals surface area (Å²) in [5.74, 6) is 1.20. The van der Waals surface area contributed by atoms with Gasteiger partial charge in [-0.3, -0.25) is 9.89 Å². The zero-order chi connectivity index (χ0) is 18.6. The smallest absolute Gasteiger partial charge is 0.272 e. The predicted molar refractivity (Wildman–Crippen MR) is 99.9 cm³/mol. The lowest BCUT2D eigenvalue weighted by Crippen LogP contribution is -2.31. The minimum Gasteiger partial charge on any atom is -0.460 e. The number of hydrogen-bond acceptors (Lipinski definition) is 4. The predicted octanol–water partition coefficient (Wildman–Crippen LogP) is 3.35. The maximum atomic E-state index is 12.8. The minimum absolute atomic E-state index is 0.209. The molecule has 3 heterocycles. The van der Waals surface area contributed by atoms with E-state index in [1.807, 2.05) is 60.2 Å². The van der Waals surface area contributed by atoms with Crippen LogP contribution in [0.5, 0.6) is 0 Å². The first kappa shape index (κ1) is 16.8. The number of carbonyl (C=O) groups excluding carboxylic acids is 1. The van der Waals surface area contributed by atoms with Gasteiger partial charge in [-0.15, -0.1) is 0 Å². The third-order valence-electron chi connectivity index (χ3n) is 4.28. The van der Waals surface area contributed by atoms with Crippen molar-refractivity contribution >= 4 is 5.91 Å². The van der Waals surface area contributed by atoms with Crippen LogP contribution in [0.1, 0.15) is 27.9 Å². The Labute approximate surface area is 156 Å². The zero-order valence-electron chi connectivity index (χ0n) is 14.8. The van der Waals surface area contributed by atoms with Gasteiger partial charge < -0.3 is 14.3 Å². The highest BCUT2D eigenvalue weighted by Crippen LogP contribution is 2.21. The first-order valence-electron chi connectivity index (χ1n) is 8.63. The number of aryl methyl sites for hydroxylation is 1. The Bertz CT molecular complexity index is 1020. The second-order valence-corrected chi connectivity index (χ2v) is 6.27. The Kier molecular flexibility index (Phi) is 4.57. The van der Waals surface area contributed by atoms with E-state index in [0.29, 0.717) is 23.7 Å². The monoisotopic (exact) mass is 361 g/mol. The van der Waals surface area contributed by atoms with E-state index in [-0.39, 0.29) is 11.9 Å². The van der Waals surface area contributed by atoms with Crippen LogP contribution in [-0.4, -0.2) is 25.7 Å². The molecule has 2 N–H and O–H groups in total. The summed E-state index contributed by atoms with van der Waals surface area (Å²) in [6, 6.07) is 15.0. The van der Waals surface area contributed by atoms with Gasteiger partial charge >= 0.3 is 0 Å². The van der Waals surface area contributed by atoms with Crippen LogP contribution in [0, 0.1) is 6.92 Å². The van der Waals surface area contributed by atoms with Crippen LogP contribution >= 0.6 is 0 Å². The zero-order valence-corrected chi connectivity index (χ0v) is 14.8. The summed E-state index contributed by atoms with van der Waals surface area (Å²) in [5.41, 5.74) is 1.99. The molecule has 7 heteroatoms. The molecule has 0 saturated carbocycles. The summed E-state index contributed by atoms with van der Waals surface area (Å²) < 4.78 is 7.50. The van der Waals surface area contributed by atoms with Gasteiger partial charge in [-0.2, -0.15) is 5.10 Å². The number of aromatic nitrogens is 4. The molecular weight excluding hydrogens is 342 g/mol. The highest BCUT2D eigenvalue weighted by molar-refractivity contribution is 5.93. The maximum absolute atomic E-state index is 12.8. The third-order valence-corrected chi connectivity index (χ3v) is 4.28. The molecule has 0 fully saturated rings. The molecule has 1 atom stereocenters. The number of H-pyrrole nitrogens is 1. The maximum Gasteiger partial charge on any atom is 0.272 e. The molecule has 3 aromatic heterocycles. The van der Waals surface area contributed by atoms with Crippen molar-refractivity contribution < 1.29 is 9.21 Å². The van der Waals surface area contributed by atoms with E-state index in [1.54, 1.807) is 18.6 Å². The van der Waals surface area contributed by atoms with Gasteiger partial charge in [0.2, 0.25) is 0 Å². The second-order valence-electron chi connectivity index (χ2n) is 6.27. The van der Waals surface area contributed by atoms with E-state index in [9.17, 15) is 4.79 Å². The van der Waals surface area contributed by atoms with Crippen LogP contribution in [0.2, 0.25) is 0 Å². The third kappa shape index (κ3) is 3.82. The van der Waals surface area contributed by atoms with E-state index in [4.69, 9.17) is 4.42 Å². The molecule has 136 valence electrons. The van der Waals surface area contributed by atoms with E-state index < -0.39 is 0 Å². The standard InChI is InChI=1S/C20H19N5O2/c1-14-7-8-19(27-14)16-11-17(24-23-16)20(26)22-18(12-25-10-9-21-13-25)15-5-3-2-4-6-15/h2-11,13,18H,12H2,1H3,(H,22,26)(H,23,24)/t18-/m0/s1. The van der Waals surface area contributed by atoms with E-state index in [0.717, 1.165) is 11.3 Å². The normalized spacial score (nSPS) is 12.0. The molecule has 27 heavy (non-hydrogen) atoms. The number of imidazole rings is 1. The first-order chi connectivity index (χ1) is 13.2. The van der Waals surface area contributed by atoms with Gasteiger partial charge in [0.05, 0.1) is 12.4 Å². The van der Waals surface area contributed by atoms with Crippen LogP contribution in [0.3, 0.4) is 0 Å². The SMILES string of the molecule is Cc1ccc(-c2cc(C(=O)N[C@@H](Cn3ccnc3)c3ccccc3)n[nH]2)o1. The van der Waals surface area contributed by atoms with E-state index >= 15 is 0 Å². The number of furan rings is 1. The number of hydrogen-bond donors (Lipinski definition) is 2. The van der Waals surface area contributed by atoms with E-state index in [1.165, 1.54) is 0 Å². The van der Waals surface area contributed by atoms with Gasteiger partial charge in [-0.05, 0) is 24.6 Å². The van der Waals surface area contributed by atoms with E-state index in [2.05, 4.69) is 20.5 Å². The fourth-order valence-electron chi connectivity index (χ4n) is 2.90. The molecule has 1 aromatic carbocycles. The lowest BCUT2D eigenvalue weighted by molar-refractivity contribution is 0.0927. The summed E-state index contributed by atoms with van der Waals surface area (Å²) in [7, 11) is 0. The Hall–Kier alpha value is -3.61. The first-order valence-corrected chi connectivity index (χ1v) is 8.63. The van der Waals surface area contributed by atoms with Crippen molar-refractivity contribution in [3.05, 3.63) is 84.3 Å². The van der Waals surface area contributed by atoms with Crippen molar-refractivity contribution in [1.29, 1.82) is 0 Å². The lowest BCUT2D eigenvalue weighted by Gasteiger charge is -2.19. The molecule has 4 rings (SSSR count). The van der Waals surface area contributed by atoms with Crippen LogP contribution < -0.4 is 5.32 Å². The van der Waals surface area contributed by atoms with Crippen molar-refractivity contribution in [2.24, 2.45) is 0 Å². The Balaban J connectivity index is 1.54. The molecule has 0 bridgehead atoms. The number of carbonyl (C=O) groups is 1. The van der Waals surface area contributed by atoms with Crippen LogP contribution in [0.4, 0.5) is 0 Å². The van der Waals surface area contributed by atoms with Gasteiger partial charge in [0.1, 0.15) is 11.5 Å². The Morgan fingerprint density at radius 2 is 2.11 bits per heavy atom. The molecule has 0 aliphatic rings. The topological polar surface area (TPSA) is 88.7 Å². The lowest BCUT2D eigenvalue weighted by atomic mass is 10.1. The highest BCUT2D eigenvalue weighted by atomic mass is 16.3. The largest absolute Gasteiger partial charge is 0.460 e. The summed E-state index contributed by atoms with van der Waals surface area (Å²) in [4.78, 5) is 16.8. The average Bonchev–Trinajstić information content (AvgIpc) is 3.43. The summed E-state index contributed by atoms with van der Waals surface area (Å²) >= 11 is 0. The molecule has 4 aromatic rings. The summed E-state index contributed by atoms with van der Waals surface area (Å²) in [6.45, 7) is 2.44.